The van der Waals surface area contributed by atoms with Gasteiger partial charge >= 0.3 is 24.4 Å². The number of rotatable bonds is 32. The molecule has 5 heterocycles. The van der Waals surface area contributed by atoms with Gasteiger partial charge in [0, 0.05) is 39.4 Å². The smallest absolute Gasteiger partial charge is 0.421 e. The molecule has 2 aliphatic heterocycles. The molecule has 3 aromatic rings. The van der Waals surface area contributed by atoms with Gasteiger partial charge in [-0.1, -0.05) is 13.8 Å². The molecule has 0 aliphatic carbocycles. The molecule has 396 valence electrons. The summed E-state index contributed by atoms with van der Waals surface area (Å²) in [4.78, 5) is 44.6. The minimum Gasteiger partial charge on any atom is -0.421 e. The molecule has 0 bridgehead atoms. The average molecular weight is 1080 g/mol. The Bertz CT molecular complexity index is 2210. The zero-order valence-corrected chi connectivity index (χ0v) is 43.1. The molecule has 33 heteroatoms. The van der Waals surface area contributed by atoms with E-state index in [1.807, 2.05) is 0 Å². The zero-order chi connectivity index (χ0) is 51.2. The largest absolute Gasteiger partial charge is 0.489 e. The average Bonchev–Trinajstić information content (AvgIpc) is 3.97. The highest BCUT2D eigenvalue weighted by Gasteiger charge is 2.50. The Labute approximate surface area is 405 Å². The Hall–Kier alpha value is -2.90. The van der Waals surface area contributed by atoms with E-state index in [1.165, 1.54) is 46.3 Å². The third-order valence-electron chi connectivity index (χ3n) is 10.7. The van der Waals surface area contributed by atoms with Crippen molar-refractivity contribution in [3.8, 4) is 0 Å². The molecule has 1 amide bonds. The van der Waals surface area contributed by atoms with Crippen LogP contribution in [-0.2, 0) is 54.4 Å². The van der Waals surface area contributed by atoms with Crippen molar-refractivity contribution in [2.24, 2.45) is 5.73 Å². The van der Waals surface area contributed by atoms with Crippen LogP contribution in [0.25, 0.3) is 11.2 Å². The number of unbranched alkanes of at least 4 members (excludes halogenated alkanes) is 1. The lowest BCUT2D eigenvalue weighted by Crippen LogP contribution is -2.46. The van der Waals surface area contributed by atoms with E-state index in [4.69, 9.17) is 46.7 Å². The van der Waals surface area contributed by atoms with Gasteiger partial charge in [0.25, 0.3) is 12.1 Å². The number of ether oxygens (including phenoxy) is 4. The van der Waals surface area contributed by atoms with Gasteiger partial charge in [-0.25, -0.2) is 24.1 Å². The van der Waals surface area contributed by atoms with Gasteiger partial charge in [0.1, 0.15) is 42.4 Å². The van der Waals surface area contributed by atoms with Crippen molar-refractivity contribution < 1.29 is 104 Å². The first-order valence-corrected chi connectivity index (χ1v) is 28.4. The maximum absolute atomic E-state index is 12.7. The summed E-state index contributed by atoms with van der Waals surface area (Å²) < 4.78 is 81.2. The van der Waals surface area contributed by atoms with Crippen molar-refractivity contribution >= 4 is 57.1 Å². The van der Waals surface area contributed by atoms with Crippen LogP contribution in [0.2, 0.25) is 11.6 Å². The Morgan fingerprint density at radius 1 is 0.957 bits per heavy atom. The molecule has 0 spiro atoms. The summed E-state index contributed by atoms with van der Waals surface area (Å²) in [6, 6.07) is 3.53. The normalized spacial score (nSPS) is 25.7. The highest BCUT2D eigenvalue weighted by atomic mass is 31.3. The van der Waals surface area contributed by atoms with Crippen LogP contribution in [-0.4, -0.2) is 200 Å². The lowest BCUT2D eigenvalue weighted by molar-refractivity contribution is -0.765. The second-order valence-corrected chi connectivity index (χ2v) is 25.4. The van der Waals surface area contributed by atoms with Crippen LogP contribution in [0.1, 0.15) is 49.5 Å². The van der Waals surface area contributed by atoms with E-state index >= 15 is 0 Å². The lowest BCUT2D eigenvalue weighted by atomic mass is 10.1. The molecule has 3 aromatic heterocycles. The SMILES string of the molecule is CO[Si](CCCCNCC(O)OCCOCC(O)CNc1ncnc2c1ncn2[C@H]1O[C@@H](COP(=O)(O)OP(=O)(O)OC[C@H]2O[C@@H]([n+]3cccc(C(N)=O)c3)[C@@H](O)C2O)[C@@H](O)C1O)(OC)O[SiH2]C(C)C. The number of aliphatic hydroxyl groups is 6. The van der Waals surface area contributed by atoms with Crippen LogP contribution < -0.4 is 20.9 Å². The summed E-state index contributed by atoms with van der Waals surface area (Å²) in [5, 5.41) is 69.4. The number of nitrogens with zero attached hydrogens (tertiary/aromatic N) is 5. The summed E-state index contributed by atoms with van der Waals surface area (Å²) >= 11 is 0. The molecule has 70 heavy (non-hydrogen) atoms. The molecular weight excluding hydrogens is 1010 g/mol. The highest BCUT2D eigenvalue weighted by molar-refractivity contribution is 7.61. The first-order valence-electron chi connectivity index (χ1n) is 22.1. The summed E-state index contributed by atoms with van der Waals surface area (Å²) in [6.07, 6.45) is -7.73. The van der Waals surface area contributed by atoms with Crippen molar-refractivity contribution in [3.05, 3.63) is 42.7 Å². The van der Waals surface area contributed by atoms with Gasteiger partial charge in [0.05, 0.1) is 45.5 Å². The van der Waals surface area contributed by atoms with E-state index in [-0.39, 0.29) is 55.5 Å². The fourth-order valence-corrected chi connectivity index (χ4v) is 14.3. The van der Waals surface area contributed by atoms with E-state index in [0.717, 1.165) is 12.8 Å². The van der Waals surface area contributed by atoms with Crippen LogP contribution in [0.15, 0.2) is 37.2 Å². The molecule has 2 saturated heterocycles. The number of hydrogen-bond acceptors (Lipinski definition) is 24. The minimum atomic E-state index is -5.46. The van der Waals surface area contributed by atoms with Crippen LogP contribution in [0.5, 0.6) is 0 Å². The van der Waals surface area contributed by atoms with Gasteiger partial charge < -0.3 is 88.7 Å². The third kappa shape index (κ3) is 16.6. The number of hydrogen-bond donors (Lipinski definition) is 11. The number of primary amides is 1. The lowest BCUT2D eigenvalue weighted by Gasteiger charge is -2.27. The first-order chi connectivity index (χ1) is 33.2. The fraction of sp³-hybridized carbons (Fsp3) is 0.703. The van der Waals surface area contributed by atoms with Gasteiger partial charge in [0.2, 0.25) is 0 Å². The van der Waals surface area contributed by atoms with E-state index in [1.54, 1.807) is 14.2 Å². The molecule has 0 saturated carbocycles. The summed E-state index contributed by atoms with van der Waals surface area (Å²) in [5.41, 5.74) is 6.13. The number of anilines is 1. The topological polar surface area (TPSA) is 403 Å². The molecule has 2 aliphatic rings. The highest BCUT2D eigenvalue weighted by Crippen LogP contribution is 2.60. The Kier molecular flexibility index (Phi) is 22.3. The van der Waals surface area contributed by atoms with Crippen LogP contribution >= 0.6 is 15.6 Å². The third-order valence-corrected chi connectivity index (χ3v) is 18.6. The molecular formula is C37H65N8O21P2Si2+. The van der Waals surface area contributed by atoms with Crippen molar-refractivity contribution in [2.75, 3.05) is 72.2 Å². The molecule has 2 fully saturated rings. The number of phosphoric acid groups is 2. The van der Waals surface area contributed by atoms with E-state index < -0.39 is 115 Å². The molecule has 5 rings (SSSR count). The quantitative estimate of drug-likeness (QED) is 0.00979. The maximum Gasteiger partial charge on any atom is 0.489 e. The standard InChI is InChI=1S/C37H64N8O21P2Si2/c1-22(2)69-66-70(57-3,58-4)13-6-5-9-39-15-27(47)60-12-11-59-17-24(46)14-40-34-28-35(42-20-41-34)45(21-43-28)37-32(51)30(49)26(64-37)19-62-68(55,56)65-67(53,54)61-18-25-29(48)31(50)36(63-25)44-10-7-8-23(16-44)33(38)52/h7-8,10,16,20-22,24-27,29-32,36-37,39,46-51H,5-6,9,11-15,17-19,69H2,1-4H3,(H4-,38,40,41,42,52,53,54,55,56)/p+1/t24?,25-,26+,27?,29?,30-,31+,32?,36-,37+/m1/s1. The summed E-state index contributed by atoms with van der Waals surface area (Å²) in [7, 11) is -11.0. The molecule has 29 nitrogen and oxygen atoms in total. The number of aromatic nitrogens is 5. The van der Waals surface area contributed by atoms with Crippen molar-refractivity contribution in [3.63, 3.8) is 0 Å². The van der Waals surface area contributed by atoms with E-state index in [0.29, 0.717) is 18.1 Å². The monoisotopic (exact) mass is 1080 g/mol. The van der Waals surface area contributed by atoms with Crippen LogP contribution in [0.3, 0.4) is 0 Å². The second-order valence-electron chi connectivity index (χ2n) is 16.5. The minimum absolute atomic E-state index is 0.0417. The Balaban J connectivity index is 1.00. The Morgan fingerprint density at radius 3 is 2.31 bits per heavy atom. The van der Waals surface area contributed by atoms with Crippen LogP contribution in [0.4, 0.5) is 5.82 Å². The van der Waals surface area contributed by atoms with Gasteiger partial charge in [-0.2, -0.15) is 8.88 Å². The van der Waals surface area contributed by atoms with Crippen molar-refractivity contribution in [1.29, 1.82) is 0 Å². The number of pyridine rings is 1. The van der Waals surface area contributed by atoms with Gasteiger partial charge in [-0.05, 0) is 31.0 Å². The van der Waals surface area contributed by atoms with Crippen molar-refractivity contribution in [2.45, 2.75) is 99.7 Å². The van der Waals surface area contributed by atoms with Gasteiger partial charge in [0.15, 0.2) is 57.8 Å². The number of nitrogens with one attached hydrogen (secondary N) is 2. The number of phosphoric ester groups is 2. The maximum atomic E-state index is 12.7. The molecule has 12 N–H and O–H groups in total. The number of aliphatic hydroxyl groups excluding tert-OH is 6. The molecule has 6 unspecified atom stereocenters. The van der Waals surface area contributed by atoms with E-state index in [9.17, 15) is 54.4 Å². The number of carbonyl (C=O) groups excluding carboxylic acids is 1. The predicted octanol–water partition coefficient (Wildman–Crippen LogP) is -2.94. The van der Waals surface area contributed by atoms with Crippen molar-refractivity contribution in [1.82, 2.24) is 24.8 Å². The molecule has 0 radical (unpaired) electrons. The summed E-state index contributed by atoms with van der Waals surface area (Å²) in [6.45, 7) is 3.24. The Morgan fingerprint density at radius 2 is 1.64 bits per heavy atom. The first kappa shape index (κ1) is 58.0. The van der Waals surface area contributed by atoms with Gasteiger partial charge in [-0.15, -0.1) is 0 Å². The number of imidazole rings is 1. The number of nitrogens with two attached hydrogens (primary N) is 1. The molecule has 12 atom stereocenters. The van der Waals surface area contributed by atoms with E-state index in [2.05, 4.69) is 43.7 Å². The second kappa shape index (κ2) is 26.9. The number of fused-ring (bicyclic) bond motifs is 1. The zero-order valence-electron chi connectivity index (χ0n) is 38.9. The fourth-order valence-electron chi connectivity index (χ4n) is 7.07. The number of carbonyl (C=O) groups is 1. The van der Waals surface area contributed by atoms with Gasteiger partial charge in [-0.3, -0.25) is 18.4 Å². The van der Waals surface area contributed by atoms with Crippen LogP contribution in [0, 0.1) is 0 Å². The molecule has 0 aromatic carbocycles. The predicted molar refractivity (Wildman–Crippen MR) is 244 cm³/mol. The number of amides is 1. The summed E-state index contributed by atoms with van der Waals surface area (Å²) in [5.74, 6) is -0.597.